The van der Waals surface area contributed by atoms with Gasteiger partial charge in [-0.25, -0.2) is 4.39 Å². The number of amides is 1. The van der Waals surface area contributed by atoms with E-state index in [2.05, 4.69) is 15.5 Å². The van der Waals surface area contributed by atoms with E-state index in [0.29, 0.717) is 17.0 Å². The van der Waals surface area contributed by atoms with Crippen LogP contribution >= 0.6 is 0 Å². The van der Waals surface area contributed by atoms with Crippen molar-refractivity contribution >= 4 is 5.91 Å². The summed E-state index contributed by atoms with van der Waals surface area (Å²) in [6, 6.07) is 13.0. The first-order valence-corrected chi connectivity index (χ1v) is 7.05. The Labute approximate surface area is 132 Å². The van der Waals surface area contributed by atoms with Crippen LogP contribution in [0.2, 0.25) is 0 Å². The van der Waals surface area contributed by atoms with Crippen LogP contribution in [0.5, 0.6) is 0 Å². The minimum atomic E-state index is -0.331. The summed E-state index contributed by atoms with van der Waals surface area (Å²) in [5, 5.41) is 6.53. The highest BCUT2D eigenvalue weighted by Gasteiger charge is 2.11. The molecule has 0 spiro atoms. The molecule has 6 heteroatoms. The van der Waals surface area contributed by atoms with Gasteiger partial charge < -0.3 is 9.84 Å². The second-order valence-electron chi connectivity index (χ2n) is 5.07. The van der Waals surface area contributed by atoms with Crippen LogP contribution in [0, 0.1) is 12.7 Å². The van der Waals surface area contributed by atoms with Crippen LogP contribution in [0.15, 0.2) is 53.1 Å². The Morgan fingerprint density at radius 3 is 2.52 bits per heavy atom. The van der Waals surface area contributed by atoms with E-state index in [4.69, 9.17) is 4.52 Å². The zero-order chi connectivity index (χ0) is 16.2. The Balaban J connectivity index is 1.64. The van der Waals surface area contributed by atoms with Gasteiger partial charge in [0.05, 0.1) is 6.54 Å². The summed E-state index contributed by atoms with van der Waals surface area (Å²) in [7, 11) is 0. The molecule has 116 valence electrons. The molecule has 1 amide bonds. The maximum atomic E-state index is 12.9. The first-order valence-electron chi connectivity index (χ1n) is 7.05. The first-order chi connectivity index (χ1) is 11.1. The molecule has 0 atom stereocenters. The first kappa shape index (κ1) is 14.9. The summed E-state index contributed by atoms with van der Waals surface area (Å²) in [4.78, 5) is 16.2. The lowest BCUT2D eigenvalue weighted by Gasteiger charge is -2.02. The number of hydrogen-bond donors (Lipinski definition) is 1. The van der Waals surface area contributed by atoms with Crippen molar-refractivity contribution in [3.63, 3.8) is 0 Å². The van der Waals surface area contributed by atoms with Gasteiger partial charge in [-0.2, -0.15) is 4.98 Å². The summed E-state index contributed by atoms with van der Waals surface area (Å²) in [5.41, 5.74) is 2.29. The molecule has 1 aromatic heterocycles. The third-order valence-corrected chi connectivity index (χ3v) is 3.28. The highest BCUT2D eigenvalue weighted by Crippen LogP contribution is 2.16. The van der Waals surface area contributed by atoms with Crippen molar-refractivity contribution < 1.29 is 13.7 Å². The Kier molecular flexibility index (Phi) is 4.14. The molecule has 23 heavy (non-hydrogen) atoms. The lowest BCUT2D eigenvalue weighted by atomic mass is 10.1. The van der Waals surface area contributed by atoms with Gasteiger partial charge in [0.2, 0.25) is 11.7 Å². The minimum Gasteiger partial charge on any atom is -0.343 e. The van der Waals surface area contributed by atoms with Crippen molar-refractivity contribution in [1.82, 2.24) is 15.5 Å². The summed E-state index contributed by atoms with van der Waals surface area (Å²) in [6.07, 6.45) is 0. The van der Waals surface area contributed by atoms with Crippen molar-refractivity contribution in [3.8, 4) is 11.4 Å². The second-order valence-corrected chi connectivity index (χ2v) is 5.07. The molecule has 2 aromatic carbocycles. The molecule has 0 bridgehead atoms. The summed E-state index contributed by atoms with van der Waals surface area (Å²) >= 11 is 0. The average Bonchev–Trinajstić information content (AvgIpc) is 3.03. The predicted octanol–water partition coefficient (Wildman–Crippen LogP) is 3.11. The van der Waals surface area contributed by atoms with E-state index in [1.165, 1.54) is 12.1 Å². The molecule has 5 nitrogen and oxygen atoms in total. The van der Waals surface area contributed by atoms with Crippen LogP contribution in [0.1, 0.15) is 21.8 Å². The Hall–Kier alpha value is -3.02. The van der Waals surface area contributed by atoms with Crippen LogP contribution in [-0.2, 0) is 6.54 Å². The fourth-order valence-corrected chi connectivity index (χ4v) is 2.01. The largest absolute Gasteiger partial charge is 0.343 e. The van der Waals surface area contributed by atoms with Gasteiger partial charge in [-0.15, -0.1) is 0 Å². The summed E-state index contributed by atoms with van der Waals surface area (Å²) in [6.45, 7) is 2.08. The molecule has 1 N–H and O–H groups in total. The minimum absolute atomic E-state index is 0.126. The SMILES string of the molecule is Cc1ccc(C(=O)NCc2nc(-c3ccc(F)cc3)no2)cc1. The van der Waals surface area contributed by atoms with Crippen molar-refractivity contribution in [1.29, 1.82) is 0 Å². The molecule has 3 aromatic rings. The predicted molar refractivity (Wildman–Crippen MR) is 82.0 cm³/mol. The molecule has 1 heterocycles. The normalized spacial score (nSPS) is 10.5. The molecule has 0 aliphatic heterocycles. The molecule has 0 fully saturated rings. The number of aromatic nitrogens is 2. The molecule has 0 saturated heterocycles. The Bertz CT molecular complexity index is 811. The number of benzene rings is 2. The van der Waals surface area contributed by atoms with E-state index in [1.807, 2.05) is 19.1 Å². The van der Waals surface area contributed by atoms with Crippen LogP contribution in [0.25, 0.3) is 11.4 Å². The van der Waals surface area contributed by atoms with Gasteiger partial charge in [0.25, 0.3) is 5.91 Å². The van der Waals surface area contributed by atoms with Gasteiger partial charge in [-0.3, -0.25) is 4.79 Å². The highest BCUT2D eigenvalue weighted by atomic mass is 19.1. The number of halogens is 1. The third kappa shape index (κ3) is 3.60. The topological polar surface area (TPSA) is 68.0 Å². The number of carbonyl (C=O) groups excluding carboxylic acids is 1. The number of nitrogens with one attached hydrogen (secondary N) is 1. The van der Waals surface area contributed by atoms with Gasteiger partial charge in [-0.1, -0.05) is 22.9 Å². The fraction of sp³-hybridized carbons (Fsp3) is 0.118. The maximum absolute atomic E-state index is 12.9. The second kappa shape index (κ2) is 6.39. The van der Waals surface area contributed by atoms with Gasteiger partial charge in [0, 0.05) is 11.1 Å². The van der Waals surface area contributed by atoms with Crippen LogP contribution in [0.4, 0.5) is 4.39 Å². The van der Waals surface area contributed by atoms with E-state index < -0.39 is 0 Å². The monoisotopic (exact) mass is 311 g/mol. The number of nitrogens with zero attached hydrogens (tertiary/aromatic N) is 2. The molecular weight excluding hydrogens is 297 g/mol. The Morgan fingerprint density at radius 1 is 1.13 bits per heavy atom. The Morgan fingerprint density at radius 2 is 1.83 bits per heavy atom. The molecular formula is C17H14FN3O2. The lowest BCUT2D eigenvalue weighted by Crippen LogP contribution is -2.22. The molecule has 0 aliphatic carbocycles. The van der Waals surface area contributed by atoms with Crippen molar-refractivity contribution in [2.45, 2.75) is 13.5 Å². The van der Waals surface area contributed by atoms with Gasteiger partial charge in [-0.05, 0) is 43.3 Å². The van der Waals surface area contributed by atoms with Crippen molar-refractivity contribution in [2.75, 3.05) is 0 Å². The van der Waals surface area contributed by atoms with Crippen LogP contribution in [-0.4, -0.2) is 16.0 Å². The van der Waals surface area contributed by atoms with Crippen LogP contribution in [0.3, 0.4) is 0 Å². The molecule has 0 unspecified atom stereocenters. The van der Waals surface area contributed by atoms with E-state index in [1.54, 1.807) is 24.3 Å². The van der Waals surface area contributed by atoms with Gasteiger partial charge in [0.15, 0.2) is 0 Å². The lowest BCUT2D eigenvalue weighted by molar-refractivity contribution is 0.0946. The van der Waals surface area contributed by atoms with Crippen molar-refractivity contribution in [2.24, 2.45) is 0 Å². The average molecular weight is 311 g/mol. The molecule has 0 saturated carbocycles. The van der Waals surface area contributed by atoms with E-state index >= 15 is 0 Å². The zero-order valence-corrected chi connectivity index (χ0v) is 12.4. The molecule has 0 aliphatic rings. The summed E-state index contributed by atoms with van der Waals surface area (Å²) < 4.78 is 18.0. The number of rotatable bonds is 4. The summed E-state index contributed by atoms with van der Waals surface area (Å²) in [5.74, 6) is 0.0868. The van der Waals surface area contributed by atoms with E-state index in [9.17, 15) is 9.18 Å². The van der Waals surface area contributed by atoms with E-state index in [-0.39, 0.29) is 24.2 Å². The molecule has 3 rings (SSSR count). The van der Waals surface area contributed by atoms with Crippen LogP contribution < -0.4 is 5.32 Å². The maximum Gasteiger partial charge on any atom is 0.251 e. The highest BCUT2D eigenvalue weighted by molar-refractivity contribution is 5.94. The van der Waals surface area contributed by atoms with Gasteiger partial charge in [0.1, 0.15) is 5.82 Å². The molecule has 0 radical (unpaired) electrons. The number of hydrogen-bond acceptors (Lipinski definition) is 4. The van der Waals surface area contributed by atoms with Crippen molar-refractivity contribution in [3.05, 3.63) is 71.4 Å². The number of aryl methyl sites for hydroxylation is 1. The standard InChI is InChI=1S/C17H14FN3O2/c1-11-2-4-13(5-3-11)17(22)19-10-15-20-16(21-23-15)12-6-8-14(18)9-7-12/h2-9H,10H2,1H3,(H,19,22). The third-order valence-electron chi connectivity index (χ3n) is 3.28. The fourth-order valence-electron chi connectivity index (χ4n) is 2.01. The zero-order valence-electron chi connectivity index (χ0n) is 12.4. The van der Waals surface area contributed by atoms with Gasteiger partial charge >= 0.3 is 0 Å². The smallest absolute Gasteiger partial charge is 0.251 e. The van der Waals surface area contributed by atoms with E-state index in [0.717, 1.165) is 5.56 Å². The quantitative estimate of drug-likeness (QED) is 0.804. The number of carbonyl (C=O) groups is 1.